The van der Waals surface area contributed by atoms with Crippen LogP contribution in [0.5, 0.6) is 0 Å². The quantitative estimate of drug-likeness (QED) is 0.803. The predicted molar refractivity (Wildman–Crippen MR) is 91.6 cm³/mol. The topological polar surface area (TPSA) is 49.4 Å². The Morgan fingerprint density at radius 3 is 2.42 bits per heavy atom. The summed E-state index contributed by atoms with van der Waals surface area (Å²) in [6.07, 6.45) is 0.385. The highest BCUT2D eigenvalue weighted by Crippen LogP contribution is 2.33. The number of nitrogens with zero attached hydrogens (tertiary/aromatic N) is 1. The van der Waals surface area contributed by atoms with Gasteiger partial charge < -0.3 is 5.32 Å². The van der Waals surface area contributed by atoms with Crippen LogP contribution in [-0.4, -0.2) is 16.8 Å². The van der Waals surface area contributed by atoms with E-state index in [1.165, 1.54) is 17.0 Å². The molecule has 1 fully saturated rings. The van der Waals surface area contributed by atoms with Crippen molar-refractivity contribution in [2.24, 2.45) is 0 Å². The van der Waals surface area contributed by atoms with Gasteiger partial charge in [-0.05, 0) is 35.7 Å². The van der Waals surface area contributed by atoms with Crippen molar-refractivity contribution in [3.8, 4) is 0 Å². The average molecular weight is 391 g/mol. The molecule has 1 heterocycles. The zero-order valence-corrected chi connectivity index (χ0v) is 14.6. The van der Waals surface area contributed by atoms with Crippen LogP contribution >= 0.6 is 15.9 Å². The van der Waals surface area contributed by atoms with E-state index in [-0.39, 0.29) is 18.3 Å². The number of carbonyl (C=O) groups excluding carboxylic acids is 2. The molecular weight excluding hydrogens is 375 g/mol. The van der Waals surface area contributed by atoms with Crippen LogP contribution in [-0.2, 0) is 16.9 Å². The molecule has 1 N–H and O–H groups in total. The van der Waals surface area contributed by atoms with E-state index in [0.717, 1.165) is 10.0 Å². The minimum Gasteiger partial charge on any atom is -0.319 e. The van der Waals surface area contributed by atoms with E-state index in [2.05, 4.69) is 21.2 Å². The van der Waals surface area contributed by atoms with Gasteiger partial charge in [0, 0.05) is 4.47 Å². The second kappa shape index (κ2) is 6.36. The monoisotopic (exact) mass is 390 g/mol. The fourth-order valence-electron chi connectivity index (χ4n) is 2.94. The molecule has 1 atom stereocenters. The first-order valence-electron chi connectivity index (χ1n) is 7.61. The molecule has 0 aliphatic carbocycles. The molecule has 124 valence electrons. The van der Waals surface area contributed by atoms with Crippen LogP contribution in [0.2, 0.25) is 0 Å². The largest absolute Gasteiger partial charge is 0.325 e. The first-order valence-corrected chi connectivity index (χ1v) is 8.41. The van der Waals surface area contributed by atoms with Crippen molar-refractivity contribution in [1.29, 1.82) is 0 Å². The molecule has 3 amide bonds. The maximum atomic E-state index is 13.2. The van der Waals surface area contributed by atoms with Gasteiger partial charge in [-0.2, -0.15) is 0 Å². The molecular formula is C18H16BrFN2O2. The van der Waals surface area contributed by atoms with Crippen LogP contribution in [0.3, 0.4) is 0 Å². The van der Waals surface area contributed by atoms with E-state index in [1.54, 1.807) is 12.1 Å². The number of amides is 3. The van der Waals surface area contributed by atoms with Crippen LogP contribution in [0, 0.1) is 5.82 Å². The molecule has 2 aromatic carbocycles. The minimum atomic E-state index is -1.15. The summed E-state index contributed by atoms with van der Waals surface area (Å²) in [4.78, 5) is 26.6. The number of benzene rings is 2. The Balaban J connectivity index is 1.95. The molecule has 1 aliphatic heterocycles. The SMILES string of the molecule is CC[C@@]1(c2ccc(F)cc2)NC(=O)N(Cc2ccccc2Br)C1=O. The van der Waals surface area contributed by atoms with E-state index in [0.29, 0.717) is 12.0 Å². The molecule has 1 saturated heterocycles. The summed E-state index contributed by atoms with van der Waals surface area (Å²) in [6, 6.07) is 12.7. The molecule has 24 heavy (non-hydrogen) atoms. The first-order chi connectivity index (χ1) is 11.5. The van der Waals surface area contributed by atoms with Crippen molar-refractivity contribution in [3.05, 3.63) is 69.9 Å². The molecule has 6 heteroatoms. The maximum Gasteiger partial charge on any atom is 0.325 e. The summed E-state index contributed by atoms with van der Waals surface area (Å²) in [5.74, 6) is -0.704. The summed E-state index contributed by atoms with van der Waals surface area (Å²) >= 11 is 3.43. The Bertz CT molecular complexity index is 794. The zero-order chi connectivity index (χ0) is 17.3. The lowest BCUT2D eigenvalue weighted by molar-refractivity contribution is -0.132. The van der Waals surface area contributed by atoms with Crippen molar-refractivity contribution in [1.82, 2.24) is 10.2 Å². The van der Waals surface area contributed by atoms with E-state index < -0.39 is 11.6 Å². The fourth-order valence-corrected chi connectivity index (χ4v) is 3.35. The number of halogens is 2. The van der Waals surface area contributed by atoms with Crippen LogP contribution in [0.4, 0.5) is 9.18 Å². The number of hydrogen-bond donors (Lipinski definition) is 1. The molecule has 3 rings (SSSR count). The van der Waals surface area contributed by atoms with Crippen LogP contribution in [0.15, 0.2) is 53.0 Å². The molecule has 0 bridgehead atoms. The molecule has 1 aliphatic rings. The summed E-state index contributed by atoms with van der Waals surface area (Å²) < 4.78 is 14.0. The molecule has 0 unspecified atom stereocenters. The normalized spacial score (nSPS) is 20.4. The minimum absolute atomic E-state index is 0.176. The number of urea groups is 1. The van der Waals surface area contributed by atoms with Crippen molar-refractivity contribution < 1.29 is 14.0 Å². The van der Waals surface area contributed by atoms with Gasteiger partial charge in [-0.1, -0.05) is 53.2 Å². The molecule has 0 radical (unpaired) electrons. The van der Waals surface area contributed by atoms with Gasteiger partial charge in [0.25, 0.3) is 5.91 Å². The summed E-state index contributed by atoms with van der Waals surface area (Å²) in [6.45, 7) is 2.00. The first kappa shape index (κ1) is 16.6. The summed E-state index contributed by atoms with van der Waals surface area (Å²) in [7, 11) is 0. The maximum absolute atomic E-state index is 13.2. The smallest absolute Gasteiger partial charge is 0.319 e. The van der Waals surface area contributed by atoms with Crippen molar-refractivity contribution in [2.75, 3.05) is 0 Å². The van der Waals surface area contributed by atoms with E-state index in [4.69, 9.17) is 0 Å². The Labute approximate surface area is 147 Å². The Morgan fingerprint density at radius 2 is 1.79 bits per heavy atom. The summed E-state index contributed by atoms with van der Waals surface area (Å²) in [5, 5.41) is 2.79. The Hall–Kier alpha value is -2.21. The standard InChI is InChI=1S/C18H16BrFN2O2/c1-2-18(13-7-9-14(20)10-8-13)16(23)22(17(24)21-18)11-12-5-3-4-6-15(12)19/h3-10H,2,11H2,1H3,(H,21,24)/t18-/m0/s1. The third-order valence-corrected chi connectivity index (χ3v) is 5.10. The zero-order valence-electron chi connectivity index (χ0n) is 13.1. The third-order valence-electron chi connectivity index (χ3n) is 4.33. The van der Waals surface area contributed by atoms with Crippen LogP contribution in [0.25, 0.3) is 0 Å². The number of hydrogen-bond acceptors (Lipinski definition) is 2. The molecule has 4 nitrogen and oxygen atoms in total. The number of nitrogens with one attached hydrogen (secondary N) is 1. The molecule has 0 spiro atoms. The van der Waals surface area contributed by atoms with Crippen LogP contribution < -0.4 is 5.32 Å². The van der Waals surface area contributed by atoms with Gasteiger partial charge in [0.1, 0.15) is 11.4 Å². The lowest BCUT2D eigenvalue weighted by Gasteiger charge is -2.25. The molecule has 0 aromatic heterocycles. The van der Waals surface area contributed by atoms with Crippen molar-refractivity contribution in [3.63, 3.8) is 0 Å². The van der Waals surface area contributed by atoms with Gasteiger partial charge in [-0.25, -0.2) is 9.18 Å². The Morgan fingerprint density at radius 1 is 1.12 bits per heavy atom. The van der Waals surface area contributed by atoms with Gasteiger partial charge in [-0.3, -0.25) is 9.69 Å². The third kappa shape index (κ3) is 2.71. The highest BCUT2D eigenvalue weighted by molar-refractivity contribution is 9.10. The van der Waals surface area contributed by atoms with Gasteiger partial charge in [0.05, 0.1) is 6.54 Å². The molecule has 2 aromatic rings. The van der Waals surface area contributed by atoms with Gasteiger partial charge in [-0.15, -0.1) is 0 Å². The fraction of sp³-hybridized carbons (Fsp3) is 0.222. The van der Waals surface area contributed by atoms with Crippen molar-refractivity contribution >= 4 is 27.9 Å². The van der Waals surface area contributed by atoms with Gasteiger partial charge in [0.15, 0.2) is 0 Å². The Kier molecular flexibility index (Phi) is 4.41. The summed E-state index contributed by atoms with van der Waals surface area (Å²) in [5.41, 5.74) is 0.276. The van der Waals surface area contributed by atoms with Gasteiger partial charge >= 0.3 is 6.03 Å². The predicted octanol–water partition coefficient (Wildman–Crippen LogP) is 3.95. The van der Waals surface area contributed by atoms with Gasteiger partial charge in [0.2, 0.25) is 0 Å². The average Bonchev–Trinajstić information content (AvgIpc) is 2.82. The number of imide groups is 1. The van der Waals surface area contributed by atoms with E-state index in [9.17, 15) is 14.0 Å². The van der Waals surface area contributed by atoms with Crippen molar-refractivity contribution in [2.45, 2.75) is 25.4 Å². The van der Waals surface area contributed by atoms with E-state index in [1.807, 2.05) is 31.2 Å². The highest BCUT2D eigenvalue weighted by atomic mass is 79.9. The number of rotatable bonds is 4. The van der Waals surface area contributed by atoms with E-state index >= 15 is 0 Å². The second-order valence-corrected chi connectivity index (χ2v) is 6.53. The molecule has 0 saturated carbocycles. The lowest BCUT2D eigenvalue weighted by Crippen LogP contribution is -2.43. The number of carbonyl (C=O) groups is 2. The lowest BCUT2D eigenvalue weighted by atomic mass is 9.87. The second-order valence-electron chi connectivity index (χ2n) is 5.68. The highest BCUT2D eigenvalue weighted by Gasteiger charge is 2.51. The van der Waals surface area contributed by atoms with Crippen LogP contribution in [0.1, 0.15) is 24.5 Å².